The van der Waals surface area contributed by atoms with E-state index in [2.05, 4.69) is 26.7 Å². The first-order valence-corrected chi connectivity index (χ1v) is 11.2. The van der Waals surface area contributed by atoms with Crippen LogP contribution in [0.3, 0.4) is 0 Å². The van der Waals surface area contributed by atoms with Gasteiger partial charge in [-0.25, -0.2) is 0 Å². The zero-order valence-corrected chi connectivity index (χ0v) is 17.7. The van der Waals surface area contributed by atoms with Gasteiger partial charge in [0.25, 0.3) is 8.32 Å². The van der Waals surface area contributed by atoms with Crippen LogP contribution in [0.1, 0.15) is 27.2 Å². The fourth-order valence-corrected chi connectivity index (χ4v) is 7.75. The number of hydrogen-bond acceptors (Lipinski definition) is 3. The van der Waals surface area contributed by atoms with Crippen molar-refractivity contribution in [1.82, 2.24) is 0 Å². The summed E-state index contributed by atoms with van der Waals surface area (Å²) in [6, 6.07) is 20.0. The smallest absolute Gasteiger partial charge is 0.258 e. The van der Waals surface area contributed by atoms with Gasteiger partial charge in [-0.2, -0.15) is 0 Å². The summed E-state index contributed by atoms with van der Waals surface area (Å²) < 4.78 is 10.6. The van der Waals surface area contributed by atoms with Crippen molar-refractivity contribution >= 4 is 18.7 Å². The monoisotopic (exact) mass is 382 g/mol. The van der Waals surface area contributed by atoms with Gasteiger partial charge in [-0.15, -0.1) is 6.42 Å². The van der Waals surface area contributed by atoms with E-state index in [-0.39, 0.29) is 23.9 Å². The summed E-state index contributed by atoms with van der Waals surface area (Å²) in [5.74, 6) is 2.80. The second-order valence-electron chi connectivity index (χ2n) is 7.67. The van der Waals surface area contributed by atoms with Gasteiger partial charge in [0.05, 0.1) is 0 Å². The van der Waals surface area contributed by atoms with Gasteiger partial charge < -0.3 is 14.3 Å². The summed E-state index contributed by atoms with van der Waals surface area (Å²) in [6.45, 7) is 6.52. The van der Waals surface area contributed by atoms with Crippen molar-refractivity contribution < 1.29 is 14.3 Å². The van der Waals surface area contributed by atoms with Gasteiger partial charge in [-0.3, -0.25) is 0 Å². The minimum atomic E-state index is -3.04. The largest absolute Gasteiger partial charge is 0.424 e. The molecule has 144 valence electrons. The summed E-state index contributed by atoms with van der Waals surface area (Å²) in [5.41, 5.74) is 0. The van der Waals surface area contributed by atoms with Crippen molar-refractivity contribution in [3.05, 3.63) is 60.7 Å². The third kappa shape index (κ3) is 4.69. The van der Waals surface area contributed by atoms with Crippen LogP contribution in [0.25, 0.3) is 0 Å². The van der Waals surface area contributed by atoms with E-state index < -0.39 is 8.32 Å². The summed E-state index contributed by atoms with van der Waals surface area (Å²) in [6.07, 6.45) is 6.06. The van der Waals surface area contributed by atoms with Crippen LogP contribution >= 0.6 is 0 Å². The lowest BCUT2D eigenvalue weighted by Gasteiger charge is -2.43. The molecule has 0 bridgehead atoms. The Labute approximate surface area is 164 Å². The average molecular weight is 383 g/mol. The highest BCUT2D eigenvalue weighted by molar-refractivity contribution is 6.98. The van der Waals surface area contributed by atoms with Crippen molar-refractivity contribution in [3.63, 3.8) is 0 Å². The number of benzene rings is 2. The van der Waals surface area contributed by atoms with Crippen LogP contribution in [0.15, 0.2) is 60.7 Å². The molecule has 0 radical (unpaired) electrons. The van der Waals surface area contributed by atoms with Crippen molar-refractivity contribution in [3.8, 4) is 12.3 Å². The summed E-state index contributed by atoms with van der Waals surface area (Å²) >= 11 is 0. The molecule has 0 spiro atoms. The third-order valence-electron chi connectivity index (χ3n) is 5.24. The standard InChI is InChI=1S/C23H30O3Si/c1-6-22(26-18-25-5)19(2)17-23(3,4)27(24,20-13-9-7-10-14-20)21-15-11-8-12-16-21/h1,7-16,19,22,24H,17-18H2,2-5H3/t19-,22-/m1/s1. The first kappa shape index (κ1) is 21.4. The molecule has 0 saturated carbocycles. The van der Waals surface area contributed by atoms with Crippen LogP contribution in [0.5, 0.6) is 0 Å². The highest BCUT2D eigenvalue weighted by Crippen LogP contribution is 2.42. The molecule has 2 aromatic rings. The number of methoxy groups -OCH3 is 1. The SMILES string of the molecule is C#C[C@@H](OCOC)[C@H](C)CC(C)(C)[Si](O)(c1ccccc1)c1ccccc1. The molecule has 0 aromatic heterocycles. The third-order valence-corrected chi connectivity index (χ3v) is 9.74. The zero-order chi connectivity index (χ0) is 19.9. The lowest BCUT2D eigenvalue weighted by Crippen LogP contribution is -2.65. The van der Waals surface area contributed by atoms with Crippen LogP contribution in [-0.2, 0) is 9.47 Å². The molecule has 2 atom stereocenters. The minimum absolute atomic E-state index is 0.0756. The van der Waals surface area contributed by atoms with Gasteiger partial charge in [-0.05, 0) is 27.8 Å². The second-order valence-corrected chi connectivity index (χ2v) is 11.6. The van der Waals surface area contributed by atoms with E-state index in [0.717, 1.165) is 16.8 Å². The second kappa shape index (κ2) is 9.34. The summed E-state index contributed by atoms with van der Waals surface area (Å²) in [5, 5.41) is 1.65. The topological polar surface area (TPSA) is 38.7 Å². The summed E-state index contributed by atoms with van der Waals surface area (Å²) in [4.78, 5) is 12.2. The maximum Gasteiger partial charge on any atom is 0.258 e. The maximum absolute atomic E-state index is 12.2. The first-order chi connectivity index (χ1) is 12.9. The highest BCUT2D eigenvalue weighted by atomic mass is 28.4. The molecule has 27 heavy (non-hydrogen) atoms. The van der Waals surface area contributed by atoms with Gasteiger partial charge in [0.15, 0.2) is 0 Å². The molecule has 4 heteroatoms. The number of terminal acetylenes is 1. The van der Waals surface area contributed by atoms with Gasteiger partial charge >= 0.3 is 0 Å². The Kier molecular flexibility index (Phi) is 7.40. The predicted molar refractivity (Wildman–Crippen MR) is 114 cm³/mol. The molecule has 2 aromatic carbocycles. The molecular weight excluding hydrogens is 352 g/mol. The molecule has 0 amide bonds. The lowest BCUT2D eigenvalue weighted by molar-refractivity contribution is -0.0692. The van der Waals surface area contributed by atoms with E-state index in [1.807, 2.05) is 60.7 Å². The molecule has 0 aliphatic heterocycles. The van der Waals surface area contributed by atoms with Gasteiger partial charge in [0.2, 0.25) is 0 Å². The van der Waals surface area contributed by atoms with Crippen LogP contribution < -0.4 is 10.4 Å². The molecule has 0 unspecified atom stereocenters. The number of hydrogen-bond donors (Lipinski definition) is 1. The maximum atomic E-state index is 12.2. The number of ether oxygens (including phenoxy) is 2. The predicted octanol–water partition coefficient (Wildman–Crippen LogP) is 3.17. The van der Waals surface area contributed by atoms with Crippen molar-refractivity contribution in [2.24, 2.45) is 5.92 Å². The quantitative estimate of drug-likeness (QED) is 0.411. The fourth-order valence-electron chi connectivity index (χ4n) is 3.88. The lowest BCUT2D eigenvalue weighted by atomic mass is 9.93. The van der Waals surface area contributed by atoms with Crippen molar-refractivity contribution in [2.75, 3.05) is 13.9 Å². The Hall–Kier alpha value is -1.90. The zero-order valence-electron chi connectivity index (χ0n) is 16.7. The normalized spacial score (nSPS) is 14.4. The van der Waals surface area contributed by atoms with Gasteiger partial charge in [0.1, 0.15) is 12.9 Å². The Morgan fingerprint density at radius 2 is 1.52 bits per heavy atom. The van der Waals surface area contributed by atoms with Crippen LogP contribution in [-0.4, -0.2) is 33.1 Å². The molecule has 0 heterocycles. The van der Waals surface area contributed by atoms with E-state index in [9.17, 15) is 4.80 Å². The Balaban J connectivity index is 2.41. The summed E-state index contributed by atoms with van der Waals surface area (Å²) in [7, 11) is -1.46. The highest BCUT2D eigenvalue weighted by Gasteiger charge is 2.50. The Morgan fingerprint density at radius 3 is 1.93 bits per heavy atom. The van der Waals surface area contributed by atoms with Crippen LogP contribution in [0.4, 0.5) is 0 Å². The van der Waals surface area contributed by atoms with E-state index >= 15 is 0 Å². The average Bonchev–Trinajstić information content (AvgIpc) is 2.68. The molecule has 2 rings (SSSR count). The van der Waals surface area contributed by atoms with Gasteiger partial charge in [0, 0.05) is 7.11 Å². The van der Waals surface area contributed by atoms with Gasteiger partial charge in [-0.1, -0.05) is 87.4 Å². The first-order valence-electron chi connectivity index (χ1n) is 9.27. The van der Waals surface area contributed by atoms with E-state index in [1.165, 1.54) is 0 Å². The molecule has 0 saturated heterocycles. The van der Waals surface area contributed by atoms with Crippen LogP contribution in [0.2, 0.25) is 5.04 Å². The molecule has 1 N–H and O–H groups in total. The molecule has 3 nitrogen and oxygen atoms in total. The van der Waals surface area contributed by atoms with E-state index in [4.69, 9.17) is 15.9 Å². The fraction of sp³-hybridized carbons (Fsp3) is 0.391. The van der Waals surface area contributed by atoms with Crippen molar-refractivity contribution in [1.29, 1.82) is 0 Å². The Bertz CT molecular complexity index is 698. The van der Waals surface area contributed by atoms with E-state index in [1.54, 1.807) is 7.11 Å². The molecule has 0 aliphatic rings. The van der Waals surface area contributed by atoms with Crippen LogP contribution in [0, 0.1) is 18.3 Å². The molecule has 0 aliphatic carbocycles. The molecular formula is C23H30O3Si. The minimum Gasteiger partial charge on any atom is -0.424 e. The Morgan fingerprint density at radius 1 is 1.04 bits per heavy atom. The number of rotatable bonds is 9. The van der Waals surface area contributed by atoms with Crippen molar-refractivity contribution in [2.45, 2.75) is 38.3 Å². The van der Waals surface area contributed by atoms with E-state index in [0.29, 0.717) is 0 Å². The molecule has 0 fully saturated rings.